The summed E-state index contributed by atoms with van der Waals surface area (Å²) in [5.41, 5.74) is -1.23. The highest BCUT2D eigenvalue weighted by Crippen LogP contribution is 2.22. The number of carbonyl (C=O) groups excluding carboxylic acids is 2. The molecule has 0 aromatic carbocycles. The normalized spacial score (nSPS) is 19.2. The second kappa shape index (κ2) is 6.91. The standard InChI is InChI=1S/C15H26N2O4/c1-5-15(6-2,14(20)21)16-13(19)11-7-12(18)17(9-11)8-10(3)4/h10-11H,5-9H2,1-4H3,(H,16,19)(H,20,21). The van der Waals surface area contributed by atoms with Crippen molar-refractivity contribution >= 4 is 17.8 Å². The minimum Gasteiger partial charge on any atom is -0.480 e. The van der Waals surface area contributed by atoms with E-state index in [1.165, 1.54) is 0 Å². The van der Waals surface area contributed by atoms with Gasteiger partial charge in [-0.3, -0.25) is 9.59 Å². The number of rotatable bonds is 7. The Hall–Kier alpha value is -1.59. The highest BCUT2D eigenvalue weighted by atomic mass is 16.4. The number of carbonyl (C=O) groups is 3. The molecule has 0 aliphatic carbocycles. The van der Waals surface area contributed by atoms with Crippen molar-refractivity contribution < 1.29 is 19.5 Å². The van der Waals surface area contributed by atoms with Crippen LogP contribution in [-0.2, 0) is 14.4 Å². The molecule has 21 heavy (non-hydrogen) atoms. The van der Waals surface area contributed by atoms with Crippen LogP contribution in [0.2, 0.25) is 0 Å². The Kier molecular flexibility index (Phi) is 5.75. The average Bonchev–Trinajstić information content (AvgIpc) is 2.76. The maximum absolute atomic E-state index is 12.3. The molecule has 0 aromatic heterocycles. The molecule has 0 saturated carbocycles. The first-order chi connectivity index (χ1) is 9.75. The number of likely N-dealkylation sites (tertiary alicyclic amines) is 1. The fourth-order valence-electron chi connectivity index (χ4n) is 2.69. The lowest BCUT2D eigenvalue weighted by atomic mass is 9.91. The summed E-state index contributed by atoms with van der Waals surface area (Å²) in [4.78, 5) is 37.3. The van der Waals surface area contributed by atoms with Gasteiger partial charge < -0.3 is 15.3 Å². The van der Waals surface area contributed by atoms with E-state index in [-0.39, 0.29) is 18.2 Å². The molecule has 6 heteroatoms. The van der Waals surface area contributed by atoms with Crippen molar-refractivity contribution in [1.29, 1.82) is 0 Å². The van der Waals surface area contributed by atoms with Crippen molar-refractivity contribution in [2.75, 3.05) is 13.1 Å². The van der Waals surface area contributed by atoms with E-state index in [0.29, 0.717) is 31.8 Å². The van der Waals surface area contributed by atoms with E-state index in [2.05, 4.69) is 5.32 Å². The van der Waals surface area contributed by atoms with Crippen LogP contribution in [0.15, 0.2) is 0 Å². The second-order valence-electron chi connectivity index (χ2n) is 6.18. The smallest absolute Gasteiger partial charge is 0.329 e. The van der Waals surface area contributed by atoms with Crippen molar-refractivity contribution in [2.24, 2.45) is 11.8 Å². The van der Waals surface area contributed by atoms with Crippen LogP contribution in [0.5, 0.6) is 0 Å². The first-order valence-corrected chi connectivity index (χ1v) is 7.59. The van der Waals surface area contributed by atoms with Gasteiger partial charge in [-0.1, -0.05) is 27.7 Å². The first-order valence-electron chi connectivity index (χ1n) is 7.59. The quantitative estimate of drug-likeness (QED) is 0.740. The minimum atomic E-state index is -1.23. The number of carboxylic acid groups (broad SMARTS) is 1. The number of nitrogens with one attached hydrogen (secondary N) is 1. The van der Waals surface area contributed by atoms with E-state index in [1.54, 1.807) is 18.7 Å². The summed E-state index contributed by atoms with van der Waals surface area (Å²) in [7, 11) is 0. The topological polar surface area (TPSA) is 86.7 Å². The van der Waals surface area contributed by atoms with Crippen LogP contribution in [0, 0.1) is 11.8 Å². The van der Waals surface area contributed by atoms with Crippen molar-refractivity contribution in [1.82, 2.24) is 10.2 Å². The zero-order valence-corrected chi connectivity index (χ0v) is 13.3. The number of aliphatic carboxylic acids is 1. The number of hydrogen-bond donors (Lipinski definition) is 2. The molecule has 2 N–H and O–H groups in total. The molecule has 1 aliphatic heterocycles. The molecule has 0 radical (unpaired) electrons. The van der Waals surface area contributed by atoms with Gasteiger partial charge in [0.05, 0.1) is 5.92 Å². The van der Waals surface area contributed by atoms with E-state index in [9.17, 15) is 19.5 Å². The van der Waals surface area contributed by atoms with Gasteiger partial charge >= 0.3 is 5.97 Å². The molecule has 1 unspecified atom stereocenters. The lowest BCUT2D eigenvalue weighted by Gasteiger charge is -2.29. The van der Waals surface area contributed by atoms with Crippen LogP contribution in [-0.4, -0.2) is 46.4 Å². The van der Waals surface area contributed by atoms with Gasteiger partial charge in [0.25, 0.3) is 0 Å². The third-order valence-corrected chi connectivity index (χ3v) is 4.15. The van der Waals surface area contributed by atoms with Crippen LogP contribution in [0.3, 0.4) is 0 Å². The van der Waals surface area contributed by atoms with Crippen molar-refractivity contribution in [2.45, 2.75) is 52.5 Å². The summed E-state index contributed by atoms with van der Waals surface area (Å²) in [6.45, 7) is 8.53. The summed E-state index contributed by atoms with van der Waals surface area (Å²) in [6.07, 6.45) is 0.809. The molecule has 0 bridgehead atoms. The SMILES string of the molecule is CCC(CC)(NC(=O)C1CC(=O)N(CC(C)C)C1)C(=O)O. The number of carboxylic acids is 1. The predicted molar refractivity (Wildman–Crippen MR) is 78.6 cm³/mol. The second-order valence-corrected chi connectivity index (χ2v) is 6.18. The third kappa shape index (κ3) is 3.95. The zero-order valence-electron chi connectivity index (χ0n) is 13.3. The molecule has 1 aliphatic rings. The van der Waals surface area contributed by atoms with E-state index in [4.69, 9.17) is 0 Å². The lowest BCUT2D eigenvalue weighted by molar-refractivity contribution is -0.148. The summed E-state index contributed by atoms with van der Waals surface area (Å²) < 4.78 is 0. The monoisotopic (exact) mass is 298 g/mol. The first kappa shape index (κ1) is 17.5. The third-order valence-electron chi connectivity index (χ3n) is 4.15. The number of hydrogen-bond acceptors (Lipinski definition) is 3. The van der Waals surface area contributed by atoms with Crippen molar-refractivity contribution in [3.8, 4) is 0 Å². The Bertz CT molecular complexity index is 416. The summed E-state index contributed by atoms with van der Waals surface area (Å²) >= 11 is 0. The molecule has 0 spiro atoms. The molecule has 2 amide bonds. The maximum atomic E-state index is 12.3. The van der Waals surface area contributed by atoms with Gasteiger partial charge in [-0.25, -0.2) is 4.79 Å². The van der Waals surface area contributed by atoms with Gasteiger partial charge in [0.1, 0.15) is 5.54 Å². The Morgan fingerprint density at radius 3 is 2.38 bits per heavy atom. The Balaban J connectivity index is 2.73. The van der Waals surface area contributed by atoms with E-state index in [0.717, 1.165) is 0 Å². The van der Waals surface area contributed by atoms with E-state index < -0.39 is 17.4 Å². The van der Waals surface area contributed by atoms with Crippen LogP contribution in [0.1, 0.15) is 47.0 Å². The number of amides is 2. The van der Waals surface area contributed by atoms with Gasteiger partial charge in [-0.05, 0) is 18.8 Å². The molecule has 0 aromatic rings. The largest absolute Gasteiger partial charge is 0.480 e. The Morgan fingerprint density at radius 1 is 1.38 bits per heavy atom. The highest BCUT2D eigenvalue weighted by molar-refractivity contribution is 5.92. The maximum Gasteiger partial charge on any atom is 0.329 e. The number of nitrogens with zero attached hydrogens (tertiary/aromatic N) is 1. The van der Waals surface area contributed by atoms with E-state index in [1.807, 2.05) is 13.8 Å². The summed E-state index contributed by atoms with van der Waals surface area (Å²) in [5, 5.41) is 12.0. The molecule has 1 heterocycles. The molecule has 1 atom stereocenters. The molecule has 120 valence electrons. The zero-order chi connectivity index (χ0) is 16.2. The molecule has 6 nitrogen and oxygen atoms in total. The van der Waals surface area contributed by atoms with E-state index >= 15 is 0 Å². The van der Waals surface area contributed by atoms with Crippen LogP contribution in [0.25, 0.3) is 0 Å². The van der Waals surface area contributed by atoms with Gasteiger partial charge in [0.2, 0.25) is 11.8 Å². The molecule has 1 saturated heterocycles. The van der Waals surface area contributed by atoms with Crippen LogP contribution in [0.4, 0.5) is 0 Å². The highest BCUT2D eigenvalue weighted by Gasteiger charge is 2.41. The minimum absolute atomic E-state index is 0.0298. The Morgan fingerprint density at radius 2 is 1.95 bits per heavy atom. The van der Waals surface area contributed by atoms with Gasteiger partial charge in [-0.15, -0.1) is 0 Å². The van der Waals surface area contributed by atoms with Gasteiger partial charge in [0.15, 0.2) is 0 Å². The van der Waals surface area contributed by atoms with Crippen LogP contribution >= 0.6 is 0 Å². The predicted octanol–water partition coefficient (Wildman–Crippen LogP) is 1.25. The summed E-state index contributed by atoms with van der Waals surface area (Å²) in [5.74, 6) is -1.49. The average molecular weight is 298 g/mol. The van der Waals surface area contributed by atoms with Crippen molar-refractivity contribution in [3.05, 3.63) is 0 Å². The van der Waals surface area contributed by atoms with Crippen LogP contribution < -0.4 is 5.32 Å². The molecule has 1 rings (SSSR count). The Labute approximate surface area is 125 Å². The van der Waals surface area contributed by atoms with Gasteiger partial charge in [0, 0.05) is 19.5 Å². The fraction of sp³-hybridized carbons (Fsp3) is 0.800. The molecule has 1 fully saturated rings. The fourth-order valence-corrected chi connectivity index (χ4v) is 2.69. The van der Waals surface area contributed by atoms with Crippen molar-refractivity contribution in [3.63, 3.8) is 0 Å². The lowest BCUT2D eigenvalue weighted by Crippen LogP contribution is -2.55. The summed E-state index contributed by atoms with van der Waals surface area (Å²) in [6, 6.07) is 0. The molecular formula is C15H26N2O4. The van der Waals surface area contributed by atoms with Gasteiger partial charge in [-0.2, -0.15) is 0 Å². The molecular weight excluding hydrogens is 272 g/mol.